The van der Waals surface area contributed by atoms with Crippen molar-refractivity contribution < 1.29 is 23.9 Å². The Balaban J connectivity index is 1.77. The molecule has 4 unspecified atom stereocenters. The molecule has 3 rings (SSSR count). The fourth-order valence-corrected chi connectivity index (χ4v) is 4.57. The van der Waals surface area contributed by atoms with Crippen molar-refractivity contribution >= 4 is 23.4 Å². The number of nitrogens with zero attached hydrogens (tertiary/aromatic N) is 1. The SMILES string of the molecule is CC(=O)NC(CCc1ccccc1)C(=O)CC(Cc1ccncc1)C(=O)NC(CC(C)C)C(=O)C1(C)CO1. The van der Waals surface area contributed by atoms with Gasteiger partial charge in [-0.3, -0.25) is 24.2 Å². The Bertz CT molecular complexity index is 1100. The molecule has 1 fully saturated rings. The van der Waals surface area contributed by atoms with E-state index in [0.717, 1.165) is 11.1 Å². The van der Waals surface area contributed by atoms with E-state index >= 15 is 0 Å². The number of amides is 2. The highest BCUT2D eigenvalue weighted by atomic mass is 16.6. The molecule has 0 saturated carbocycles. The molecule has 204 valence electrons. The molecule has 4 atom stereocenters. The topological polar surface area (TPSA) is 118 Å². The van der Waals surface area contributed by atoms with Gasteiger partial charge in [0.15, 0.2) is 11.6 Å². The van der Waals surface area contributed by atoms with E-state index in [2.05, 4.69) is 15.6 Å². The first kappa shape index (κ1) is 29.2. The van der Waals surface area contributed by atoms with Gasteiger partial charge in [-0.25, -0.2) is 0 Å². The van der Waals surface area contributed by atoms with E-state index in [1.807, 2.05) is 44.2 Å². The molecule has 2 amide bonds. The van der Waals surface area contributed by atoms with Gasteiger partial charge in [-0.15, -0.1) is 0 Å². The van der Waals surface area contributed by atoms with Crippen molar-refractivity contribution in [3.05, 3.63) is 66.0 Å². The number of benzene rings is 1. The Hall–Kier alpha value is -3.39. The first-order chi connectivity index (χ1) is 18.1. The lowest BCUT2D eigenvalue weighted by Gasteiger charge is -2.25. The predicted octanol–water partition coefficient (Wildman–Crippen LogP) is 3.23. The molecule has 1 aliphatic heterocycles. The molecule has 1 aromatic heterocycles. The Labute approximate surface area is 224 Å². The average molecular weight is 522 g/mol. The molecule has 8 heteroatoms. The minimum Gasteiger partial charge on any atom is -0.361 e. The second-order valence-corrected chi connectivity index (χ2v) is 10.8. The van der Waals surface area contributed by atoms with E-state index in [1.165, 1.54) is 6.92 Å². The van der Waals surface area contributed by atoms with Crippen LogP contribution in [0.2, 0.25) is 0 Å². The van der Waals surface area contributed by atoms with E-state index in [4.69, 9.17) is 4.74 Å². The molecule has 2 N–H and O–H groups in total. The van der Waals surface area contributed by atoms with Gasteiger partial charge in [0.2, 0.25) is 11.8 Å². The third kappa shape index (κ3) is 8.87. The van der Waals surface area contributed by atoms with Gasteiger partial charge in [-0.05, 0) is 61.8 Å². The number of aryl methyl sites for hydroxylation is 1. The summed E-state index contributed by atoms with van der Waals surface area (Å²) in [6.45, 7) is 7.44. The number of ketones is 2. The number of ether oxygens (including phenoxy) is 1. The molecule has 2 heterocycles. The molecule has 0 spiro atoms. The number of carbonyl (C=O) groups excluding carboxylic acids is 4. The number of hydrogen-bond donors (Lipinski definition) is 2. The highest BCUT2D eigenvalue weighted by Gasteiger charge is 2.50. The standard InChI is InChI=1S/C30H39N3O5/c1-20(2)16-26(28(36)30(4)19-38-30)33-29(37)24(17-23-12-14-31-15-13-23)18-27(35)25(32-21(3)34)11-10-22-8-6-5-7-9-22/h5-9,12-15,20,24-26H,10-11,16-19H2,1-4H3,(H,32,34)(H,33,37). The van der Waals surface area contributed by atoms with Crippen LogP contribution in [0.15, 0.2) is 54.9 Å². The van der Waals surface area contributed by atoms with Crippen molar-refractivity contribution in [2.24, 2.45) is 11.8 Å². The maximum atomic E-state index is 13.6. The van der Waals surface area contributed by atoms with Crippen LogP contribution in [0.1, 0.15) is 58.1 Å². The van der Waals surface area contributed by atoms with Crippen molar-refractivity contribution in [1.29, 1.82) is 0 Å². The second kappa shape index (κ2) is 13.4. The fourth-order valence-electron chi connectivity index (χ4n) is 4.57. The van der Waals surface area contributed by atoms with E-state index in [-0.39, 0.29) is 35.7 Å². The fraction of sp³-hybridized carbons (Fsp3) is 0.500. The van der Waals surface area contributed by atoms with Gasteiger partial charge in [-0.1, -0.05) is 44.2 Å². The number of nitrogens with one attached hydrogen (secondary N) is 2. The van der Waals surface area contributed by atoms with Crippen molar-refractivity contribution in [1.82, 2.24) is 15.6 Å². The first-order valence-corrected chi connectivity index (χ1v) is 13.3. The summed E-state index contributed by atoms with van der Waals surface area (Å²) in [7, 11) is 0. The van der Waals surface area contributed by atoms with Gasteiger partial charge in [0, 0.05) is 31.7 Å². The molecule has 8 nitrogen and oxygen atoms in total. The number of carbonyl (C=O) groups is 4. The monoisotopic (exact) mass is 521 g/mol. The van der Waals surface area contributed by atoms with Crippen LogP contribution in [-0.4, -0.2) is 52.7 Å². The van der Waals surface area contributed by atoms with Crippen molar-refractivity contribution in [2.75, 3.05) is 6.61 Å². The van der Waals surface area contributed by atoms with Crippen molar-refractivity contribution in [3.63, 3.8) is 0 Å². The number of rotatable bonds is 15. The summed E-state index contributed by atoms with van der Waals surface area (Å²) in [4.78, 5) is 56.1. The summed E-state index contributed by atoms with van der Waals surface area (Å²) in [5, 5.41) is 5.70. The summed E-state index contributed by atoms with van der Waals surface area (Å²) in [6.07, 6.45) is 5.04. The van der Waals surface area contributed by atoms with Crippen LogP contribution in [0, 0.1) is 11.8 Å². The molecule has 1 saturated heterocycles. The normalized spacial score (nSPS) is 18.8. The third-order valence-corrected chi connectivity index (χ3v) is 6.82. The van der Waals surface area contributed by atoms with Gasteiger partial charge < -0.3 is 15.4 Å². The largest absolute Gasteiger partial charge is 0.361 e. The molecule has 0 bridgehead atoms. The highest BCUT2D eigenvalue weighted by Crippen LogP contribution is 2.30. The number of aromatic nitrogens is 1. The summed E-state index contributed by atoms with van der Waals surface area (Å²) in [6, 6.07) is 11.9. The molecular weight excluding hydrogens is 482 g/mol. The number of epoxide rings is 1. The Morgan fingerprint density at radius 2 is 1.63 bits per heavy atom. The molecule has 38 heavy (non-hydrogen) atoms. The van der Waals surface area contributed by atoms with Crippen LogP contribution in [-0.2, 0) is 36.8 Å². The zero-order valence-electron chi connectivity index (χ0n) is 22.7. The van der Waals surface area contributed by atoms with E-state index in [9.17, 15) is 19.2 Å². The minimum absolute atomic E-state index is 0.0652. The van der Waals surface area contributed by atoms with Crippen LogP contribution in [0.4, 0.5) is 0 Å². The van der Waals surface area contributed by atoms with E-state index in [1.54, 1.807) is 31.5 Å². The highest BCUT2D eigenvalue weighted by molar-refractivity contribution is 5.98. The molecular formula is C30H39N3O5. The van der Waals surface area contributed by atoms with Crippen molar-refractivity contribution in [3.8, 4) is 0 Å². The van der Waals surface area contributed by atoms with E-state index < -0.39 is 23.6 Å². The number of hydrogen-bond acceptors (Lipinski definition) is 6. The zero-order valence-corrected chi connectivity index (χ0v) is 22.7. The summed E-state index contributed by atoms with van der Waals surface area (Å²) >= 11 is 0. The van der Waals surface area contributed by atoms with Gasteiger partial charge in [0.1, 0.15) is 5.60 Å². The Morgan fingerprint density at radius 1 is 0.974 bits per heavy atom. The predicted molar refractivity (Wildman–Crippen MR) is 144 cm³/mol. The lowest BCUT2D eigenvalue weighted by atomic mass is 9.88. The zero-order chi connectivity index (χ0) is 27.7. The van der Waals surface area contributed by atoms with E-state index in [0.29, 0.717) is 32.3 Å². The van der Waals surface area contributed by atoms with Gasteiger partial charge in [0.05, 0.1) is 18.7 Å². The molecule has 0 radical (unpaired) electrons. The Kier molecular flexibility index (Phi) is 10.3. The van der Waals surface area contributed by atoms with Gasteiger partial charge in [-0.2, -0.15) is 0 Å². The van der Waals surface area contributed by atoms with Crippen LogP contribution in [0.3, 0.4) is 0 Å². The lowest BCUT2D eigenvalue weighted by Crippen LogP contribution is -2.49. The number of Topliss-reactive ketones (excluding diaryl/α,β-unsaturated/α-hetero) is 2. The maximum absolute atomic E-state index is 13.6. The van der Waals surface area contributed by atoms with Crippen molar-refractivity contribution in [2.45, 2.75) is 77.5 Å². The summed E-state index contributed by atoms with van der Waals surface area (Å²) < 4.78 is 5.35. The molecule has 1 aromatic carbocycles. The quantitative estimate of drug-likeness (QED) is 0.348. The lowest BCUT2D eigenvalue weighted by molar-refractivity contribution is -0.134. The molecule has 2 aromatic rings. The van der Waals surface area contributed by atoms with Crippen LogP contribution < -0.4 is 10.6 Å². The van der Waals surface area contributed by atoms with Gasteiger partial charge in [0.25, 0.3) is 0 Å². The van der Waals surface area contributed by atoms with Crippen LogP contribution >= 0.6 is 0 Å². The van der Waals surface area contributed by atoms with Gasteiger partial charge >= 0.3 is 0 Å². The maximum Gasteiger partial charge on any atom is 0.224 e. The minimum atomic E-state index is -0.864. The molecule has 0 aliphatic carbocycles. The van der Waals surface area contributed by atoms with Crippen LogP contribution in [0.25, 0.3) is 0 Å². The second-order valence-electron chi connectivity index (χ2n) is 10.8. The number of pyridine rings is 1. The first-order valence-electron chi connectivity index (χ1n) is 13.3. The summed E-state index contributed by atoms with van der Waals surface area (Å²) in [5.74, 6) is -1.56. The summed E-state index contributed by atoms with van der Waals surface area (Å²) in [5.41, 5.74) is 1.06. The average Bonchev–Trinajstić information content (AvgIpc) is 3.64. The molecule has 1 aliphatic rings. The third-order valence-electron chi connectivity index (χ3n) is 6.82. The smallest absolute Gasteiger partial charge is 0.224 e. The van der Waals surface area contributed by atoms with Crippen LogP contribution in [0.5, 0.6) is 0 Å². The Morgan fingerprint density at radius 3 is 2.21 bits per heavy atom.